The van der Waals surface area contributed by atoms with Gasteiger partial charge in [-0.2, -0.15) is 0 Å². The zero-order valence-corrected chi connectivity index (χ0v) is 18.4. The first-order valence-corrected chi connectivity index (χ1v) is 11.8. The van der Waals surface area contributed by atoms with Gasteiger partial charge in [0.1, 0.15) is 11.6 Å². The molecule has 0 aliphatic carbocycles. The van der Waals surface area contributed by atoms with E-state index >= 15 is 0 Å². The summed E-state index contributed by atoms with van der Waals surface area (Å²) in [5.74, 6) is -0.518. The molecule has 8 nitrogen and oxygen atoms in total. The van der Waals surface area contributed by atoms with E-state index in [2.05, 4.69) is 4.72 Å². The van der Waals surface area contributed by atoms with Crippen LogP contribution < -0.4 is 4.72 Å². The number of benzene rings is 2. The van der Waals surface area contributed by atoms with Gasteiger partial charge in [-0.3, -0.25) is 9.59 Å². The molecule has 3 aromatic rings. The molecule has 2 aromatic carbocycles. The van der Waals surface area contributed by atoms with Gasteiger partial charge in [-0.1, -0.05) is 6.07 Å². The fourth-order valence-electron chi connectivity index (χ4n) is 3.54. The van der Waals surface area contributed by atoms with Crippen molar-refractivity contribution in [2.24, 2.45) is 0 Å². The van der Waals surface area contributed by atoms with Crippen LogP contribution in [0.2, 0.25) is 0 Å². The third-order valence-corrected chi connectivity index (χ3v) is 6.77. The Morgan fingerprint density at radius 3 is 2.09 bits per heavy atom. The van der Waals surface area contributed by atoms with Gasteiger partial charge in [-0.25, -0.2) is 17.5 Å². The van der Waals surface area contributed by atoms with Crippen molar-refractivity contribution < 1.29 is 26.8 Å². The van der Waals surface area contributed by atoms with Crippen LogP contribution in [0.25, 0.3) is 0 Å². The number of nitrogens with zero attached hydrogens (tertiary/aromatic N) is 2. The number of halogens is 1. The molecule has 33 heavy (non-hydrogen) atoms. The predicted molar refractivity (Wildman–Crippen MR) is 117 cm³/mol. The van der Waals surface area contributed by atoms with Gasteiger partial charge >= 0.3 is 0 Å². The second-order valence-electron chi connectivity index (χ2n) is 7.52. The zero-order chi connectivity index (χ0) is 23.4. The second kappa shape index (κ2) is 9.55. The molecule has 1 fully saturated rings. The Morgan fingerprint density at radius 1 is 0.879 bits per heavy atom. The van der Waals surface area contributed by atoms with Crippen molar-refractivity contribution in [1.29, 1.82) is 0 Å². The van der Waals surface area contributed by atoms with Gasteiger partial charge in [0.05, 0.1) is 17.7 Å². The summed E-state index contributed by atoms with van der Waals surface area (Å²) >= 11 is 0. The summed E-state index contributed by atoms with van der Waals surface area (Å²) in [5.41, 5.74) is 0.622. The van der Waals surface area contributed by atoms with Crippen molar-refractivity contribution in [3.8, 4) is 0 Å². The molecule has 1 aromatic heterocycles. The Kier molecular flexibility index (Phi) is 6.57. The number of amides is 2. The van der Waals surface area contributed by atoms with Crippen LogP contribution in [0.5, 0.6) is 0 Å². The highest BCUT2D eigenvalue weighted by atomic mass is 32.2. The minimum Gasteiger partial charge on any atom is -0.468 e. The summed E-state index contributed by atoms with van der Waals surface area (Å²) < 4.78 is 45.8. The maximum atomic E-state index is 13.4. The van der Waals surface area contributed by atoms with E-state index < -0.39 is 15.8 Å². The maximum Gasteiger partial charge on any atom is 0.254 e. The molecule has 0 unspecified atom stereocenters. The van der Waals surface area contributed by atoms with Crippen molar-refractivity contribution >= 4 is 21.8 Å². The molecule has 0 atom stereocenters. The monoisotopic (exact) mass is 471 g/mol. The molecule has 0 bridgehead atoms. The molecule has 1 N–H and O–H groups in total. The molecule has 2 heterocycles. The Hall–Kier alpha value is -3.50. The summed E-state index contributed by atoms with van der Waals surface area (Å²) in [6.07, 6.45) is 1.46. The lowest BCUT2D eigenvalue weighted by Crippen LogP contribution is -2.50. The highest BCUT2D eigenvalue weighted by Crippen LogP contribution is 2.16. The highest BCUT2D eigenvalue weighted by Gasteiger charge is 2.26. The molecular weight excluding hydrogens is 449 g/mol. The second-order valence-corrected chi connectivity index (χ2v) is 9.29. The Bertz CT molecular complexity index is 1240. The van der Waals surface area contributed by atoms with Crippen LogP contribution in [0.1, 0.15) is 26.5 Å². The molecule has 0 saturated carbocycles. The van der Waals surface area contributed by atoms with Crippen LogP contribution in [0.15, 0.2) is 76.2 Å². The van der Waals surface area contributed by atoms with E-state index in [-0.39, 0.29) is 28.8 Å². The van der Waals surface area contributed by atoms with E-state index in [1.807, 2.05) is 0 Å². The first-order chi connectivity index (χ1) is 15.8. The van der Waals surface area contributed by atoms with E-state index in [1.54, 1.807) is 28.0 Å². The maximum absolute atomic E-state index is 13.4. The summed E-state index contributed by atoms with van der Waals surface area (Å²) in [6.45, 7) is 1.32. The van der Waals surface area contributed by atoms with Crippen LogP contribution in [0.3, 0.4) is 0 Å². The average molecular weight is 472 g/mol. The number of sulfonamides is 1. The van der Waals surface area contributed by atoms with Crippen molar-refractivity contribution in [2.45, 2.75) is 11.4 Å². The topological polar surface area (TPSA) is 99.9 Å². The van der Waals surface area contributed by atoms with Gasteiger partial charge in [0.2, 0.25) is 10.0 Å². The molecule has 2 amide bonds. The molecule has 1 aliphatic heterocycles. The number of hydrogen-bond donors (Lipinski definition) is 1. The van der Waals surface area contributed by atoms with Crippen molar-refractivity contribution in [1.82, 2.24) is 14.5 Å². The zero-order valence-electron chi connectivity index (χ0n) is 17.6. The molecular formula is C23H22FN3O5S. The summed E-state index contributed by atoms with van der Waals surface area (Å²) in [6, 6.07) is 14.5. The number of piperazine rings is 1. The quantitative estimate of drug-likeness (QED) is 0.596. The van der Waals surface area contributed by atoms with Gasteiger partial charge in [0.15, 0.2) is 0 Å². The lowest BCUT2D eigenvalue weighted by Gasteiger charge is -2.35. The standard InChI is InChI=1S/C23H22FN3O5S/c24-19-4-1-3-18(15-19)23(29)27-12-10-26(11-13-27)22(28)17-6-8-21(9-7-17)33(30,31)25-16-20-5-2-14-32-20/h1-9,14-15,25H,10-13,16H2. The first kappa shape index (κ1) is 22.7. The van der Waals surface area contributed by atoms with Crippen molar-refractivity contribution in [3.05, 3.63) is 89.6 Å². The SMILES string of the molecule is O=C(c1ccc(S(=O)(=O)NCc2ccco2)cc1)N1CCN(C(=O)c2cccc(F)c2)CC1. The summed E-state index contributed by atoms with van der Waals surface area (Å²) in [7, 11) is -3.76. The molecule has 1 saturated heterocycles. The van der Waals surface area contributed by atoms with E-state index in [0.717, 1.165) is 0 Å². The normalized spacial score (nSPS) is 14.3. The number of rotatable bonds is 6. The Morgan fingerprint density at radius 2 is 1.52 bits per heavy atom. The van der Waals surface area contributed by atoms with E-state index in [0.29, 0.717) is 37.5 Å². The largest absolute Gasteiger partial charge is 0.468 e. The molecule has 1 aliphatic rings. The summed E-state index contributed by atoms with van der Waals surface area (Å²) in [5, 5.41) is 0. The average Bonchev–Trinajstić information content (AvgIpc) is 3.36. The van der Waals surface area contributed by atoms with E-state index in [9.17, 15) is 22.4 Å². The molecule has 4 rings (SSSR count). The number of carbonyl (C=O) groups is 2. The van der Waals surface area contributed by atoms with Gasteiger partial charge in [0, 0.05) is 37.3 Å². The molecule has 10 heteroatoms. The minimum atomic E-state index is -3.76. The third-order valence-electron chi connectivity index (χ3n) is 5.35. The van der Waals surface area contributed by atoms with E-state index in [4.69, 9.17) is 4.42 Å². The molecule has 172 valence electrons. The number of hydrogen-bond acceptors (Lipinski definition) is 5. The molecule has 0 spiro atoms. The van der Waals surface area contributed by atoms with Gasteiger partial charge in [-0.15, -0.1) is 0 Å². The lowest BCUT2D eigenvalue weighted by molar-refractivity contribution is 0.0535. The number of furan rings is 1. The first-order valence-electron chi connectivity index (χ1n) is 10.3. The predicted octanol–water partition coefficient (Wildman–Crippen LogP) is 2.50. The van der Waals surface area contributed by atoms with Crippen LogP contribution in [-0.2, 0) is 16.6 Å². The third kappa shape index (κ3) is 5.29. The fraction of sp³-hybridized carbons (Fsp3) is 0.217. The van der Waals surface area contributed by atoms with E-state index in [1.165, 1.54) is 48.7 Å². The summed E-state index contributed by atoms with van der Waals surface area (Å²) in [4.78, 5) is 28.6. The Balaban J connectivity index is 1.34. The number of nitrogens with one attached hydrogen (secondary N) is 1. The fourth-order valence-corrected chi connectivity index (χ4v) is 4.53. The van der Waals surface area contributed by atoms with Crippen LogP contribution >= 0.6 is 0 Å². The number of carbonyl (C=O) groups excluding carboxylic acids is 2. The Labute approximate surface area is 190 Å². The smallest absolute Gasteiger partial charge is 0.254 e. The van der Waals surface area contributed by atoms with Crippen molar-refractivity contribution in [2.75, 3.05) is 26.2 Å². The lowest BCUT2D eigenvalue weighted by atomic mass is 10.1. The highest BCUT2D eigenvalue weighted by molar-refractivity contribution is 7.89. The molecule has 0 radical (unpaired) electrons. The minimum absolute atomic E-state index is 0.0225. The van der Waals surface area contributed by atoms with Crippen LogP contribution in [0.4, 0.5) is 4.39 Å². The van der Waals surface area contributed by atoms with Crippen LogP contribution in [-0.4, -0.2) is 56.2 Å². The van der Waals surface area contributed by atoms with Gasteiger partial charge < -0.3 is 14.2 Å². The van der Waals surface area contributed by atoms with Crippen molar-refractivity contribution in [3.63, 3.8) is 0 Å². The van der Waals surface area contributed by atoms with Gasteiger partial charge in [-0.05, 0) is 54.6 Å². The van der Waals surface area contributed by atoms with Crippen LogP contribution in [0, 0.1) is 5.82 Å². The van der Waals surface area contributed by atoms with Gasteiger partial charge in [0.25, 0.3) is 11.8 Å².